The summed E-state index contributed by atoms with van der Waals surface area (Å²) in [6.45, 7) is 4.64. The molecule has 2 nitrogen and oxygen atoms in total. The second-order valence-corrected chi connectivity index (χ2v) is 5.39. The molecule has 1 aromatic rings. The van der Waals surface area contributed by atoms with Crippen LogP contribution in [0.3, 0.4) is 0 Å². The van der Waals surface area contributed by atoms with Gasteiger partial charge in [-0.15, -0.1) is 0 Å². The Morgan fingerprint density at radius 1 is 0.889 bits per heavy atom. The maximum atomic E-state index is 3.19. The third kappa shape index (κ3) is 4.43. The molecule has 1 N–H and O–H groups in total. The summed E-state index contributed by atoms with van der Waals surface area (Å²) in [5.41, 5.74) is 2.82. The fourth-order valence-corrected chi connectivity index (χ4v) is 2.70. The van der Waals surface area contributed by atoms with E-state index in [0.29, 0.717) is 0 Å². The van der Waals surface area contributed by atoms with E-state index in [2.05, 4.69) is 34.5 Å². The number of rotatable bonds is 4. The summed E-state index contributed by atoms with van der Waals surface area (Å²) in [6, 6.07) is 9.06. The van der Waals surface area contributed by atoms with Crippen LogP contribution < -0.4 is 5.32 Å². The molecule has 0 bridgehead atoms. The van der Waals surface area contributed by atoms with Crippen LogP contribution in [0.4, 0.5) is 0 Å². The average molecular weight is 246 g/mol. The molecular weight excluding hydrogens is 220 g/mol. The van der Waals surface area contributed by atoms with Gasteiger partial charge >= 0.3 is 0 Å². The molecule has 1 saturated heterocycles. The molecule has 0 saturated carbocycles. The second kappa shape index (κ2) is 7.55. The summed E-state index contributed by atoms with van der Waals surface area (Å²) in [5, 5.41) is 3.19. The van der Waals surface area contributed by atoms with Gasteiger partial charge in [0, 0.05) is 13.1 Å². The fraction of sp³-hybridized carbons (Fsp3) is 0.625. The van der Waals surface area contributed by atoms with E-state index in [0.717, 1.165) is 13.1 Å². The fourth-order valence-electron chi connectivity index (χ4n) is 2.70. The first kappa shape index (κ1) is 13.6. The number of nitrogens with one attached hydrogen (secondary N) is 1. The molecule has 1 fully saturated rings. The van der Waals surface area contributed by atoms with Crippen LogP contribution in [-0.4, -0.2) is 25.0 Å². The highest BCUT2D eigenvalue weighted by atomic mass is 15.1. The van der Waals surface area contributed by atoms with Gasteiger partial charge in [-0.05, 0) is 44.1 Å². The molecule has 100 valence electrons. The summed E-state index contributed by atoms with van der Waals surface area (Å²) in [7, 11) is 1.99. The Morgan fingerprint density at radius 3 is 2.06 bits per heavy atom. The minimum absolute atomic E-state index is 0.962. The van der Waals surface area contributed by atoms with Crippen LogP contribution in [0, 0.1) is 0 Å². The van der Waals surface area contributed by atoms with E-state index in [9.17, 15) is 0 Å². The van der Waals surface area contributed by atoms with Gasteiger partial charge in [0.15, 0.2) is 0 Å². The summed E-state index contributed by atoms with van der Waals surface area (Å²) in [5.74, 6) is 0. The molecule has 2 heteroatoms. The van der Waals surface area contributed by atoms with Crippen molar-refractivity contribution < 1.29 is 0 Å². The molecule has 18 heavy (non-hydrogen) atoms. The molecule has 0 unspecified atom stereocenters. The Morgan fingerprint density at radius 2 is 1.44 bits per heavy atom. The van der Waals surface area contributed by atoms with E-state index in [1.54, 1.807) is 0 Å². The minimum atomic E-state index is 0.962. The first-order chi connectivity index (χ1) is 8.88. The van der Waals surface area contributed by atoms with Crippen LogP contribution in [0.25, 0.3) is 0 Å². The lowest BCUT2D eigenvalue weighted by Gasteiger charge is -2.24. The Hall–Kier alpha value is -0.860. The number of hydrogen-bond acceptors (Lipinski definition) is 2. The van der Waals surface area contributed by atoms with Crippen molar-refractivity contribution in [3.8, 4) is 0 Å². The molecule has 0 amide bonds. The van der Waals surface area contributed by atoms with Gasteiger partial charge in [0.1, 0.15) is 0 Å². The van der Waals surface area contributed by atoms with Crippen molar-refractivity contribution in [3.05, 3.63) is 35.4 Å². The largest absolute Gasteiger partial charge is 0.316 e. The smallest absolute Gasteiger partial charge is 0.0233 e. The van der Waals surface area contributed by atoms with Gasteiger partial charge in [0.25, 0.3) is 0 Å². The number of likely N-dealkylation sites (tertiary alicyclic amines) is 1. The monoisotopic (exact) mass is 246 g/mol. The standard InChI is InChI=1S/C16H26N2/c1-17-13-15-7-9-16(10-8-15)14-18-11-5-3-2-4-6-12-18/h7-10,17H,2-6,11-14H2,1H3. The maximum absolute atomic E-state index is 3.19. The van der Waals surface area contributed by atoms with Crippen LogP contribution >= 0.6 is 0 Å². The van der Waals surface area contributed by atoms with Crippen LogP contribution in [0.5, 0.6) is 0 Å². The van der Waals surface area contributed by atoms with Crippen molar-refractivity contribution in [2.75, 3.05) is 20.1 Å². The van der Waals surface area contributed by atoms with E-state index in [1.807, 2.05) is 7.05 Å². The molecule has 1 aliphatic rings. The van der Waals surface area contributed by atoms with Crippen molar-refractivity contribution in [1.82, 2.24) is 10.2 Å². The lowest BCUT2D eigenvalue weighted by molar-refractivity contribution is 0.240. The van der Waals surface area contributed by atoms with E-state index < -0.39 is 0 Å². The van der Waals surface area contributed by atoms with Gasteiger partial charge in [0.2, 0.25) is 0 Å². The Balaban J connectivity index is 1.86. The zero-order valence-corrected chi connectivity index (χ0v) is 11.6. The quantitative estimate of drug-likeness (QED) is 0.878. The van der Waals surface area contributed by atoms with Gasteiger partial charge < -0.3 is 5.32 Å². The first-order valence-corrected chi connectivity index (χ1v) is 7.33. The highest BCUT2D eigenvalue weighted by molar-refractivity contribution is 5.22. The van der Waals surface area contributed by atoms with Crippen LogP contribution in [0.15, 0.2) is 24.3 Å². The Kier molecular flexibility index (Phi) is 5.69. The topological polar surface area (TPSA) is 15.3 Å². The van der Waals surface area contributed by atoms with Crippen molar-refractivity contribution in [2.45, 2.75) is 45.2 Å². The molecular formula is C16H26N2. The SMILES string of the molecule is CNCc1ccc(CN2CCCCCCC2)cc1. The van der Waals surface area contributed by atoms with Crippen molar-refractivity contribution >= 4 is 0 Å². The molecule has 1 aromatic carbocycles. The molecule has 0 aromatic heterocycles. The van der Waals surface area contributed by atoms with Crippen molar-refractivity contribution in [3.63, 3.8) is 0 Å². The Bertz CT molecular complexity index is 323. The van der Waals surface area contributed by atoms with Crippen molar-refractivity contribution in [2.24, 2.45) is 0 Å². The maximum Gasteiger partial charge on any atom is 0.0233 e. The second-order valence-electron chi connectivity index (χ2n) is 5.39. The molecule has 0 aliphatic carbocycles. The Labute approximate surface area is 111 Å². The molecule has 0 radical (unpaired) electrons. The summed E-state index contributed by atoms with van der Waals surface area (Å²) in [4.78, 5) is 2.62. The normalized spacial score (nSPS) is 18.3. The molecule has 0 spiro atoms. The third-order valence-corrected chi connectivity index (χ3v) is 3.76. The molecule has 1 aliphatic heterocycles. The van der Waals surface area contributed by atoms with Gasteiger partial charge in [-0.3, -0.25) is 4.90 Å². The zero-order valence-electron chi connectivity index (χ0n) is 11.6. The van der Waals surface area contributed by atoms with Crippen LogP contribution in [0.1, 0.15) is 43.2 Å². The van der Waals surface area contributed by atoms with Gasteiger partial charge in [-0.2, -0.15) is 0 Å². The average Bonchev–Trinajstić information content (AvgIpc) is 2.35. The lowest BCUT2D eigenvalue weighted by atomic mass is 10.1. The summed E-state index contributed by atoms with van der Waals surface area (Å²) < 4.78 is 0. The van der Waals surface area contributed by atoms with Crippen LogP contribution in [0.2, 0.25) is 0 Å². The number of benzene rings is 1. The predicted molar refractivity (Wildman–Crippen MR) is 77.6 cm³/mol. The van der Waals surface area contributed by atoms with Gasteiger partial charge in [-0.1, -0.05) is 43.5 Å². The summed E-state index contributed by atoms with van der Waals surface area (Å²) >= 11 is 0. The highest BCUT2D eigenvalue weighted by Gasteiger charge is 2.08. The molecule has 0 atom stereocenters. The first-order valence-electron chi connectivity index (χ1n) is 7.33. The summed E-state index contributed by atoms with van der Waals surface area (Å²) in [6.07, 6.45) is 7.01. The van der Waals surface area contributed by atoms with Gasteiger partial charge in [-0.25, -0.2) is 0 Å². The predicted octanol–water partition coefficient (Wildman–Crippen LogP) is 3.17. The van der Waals surface area contributed by atoms with E-state index in [-0.39, 0.29) is 0 Å². The van der Waals surface area contributed by atoms with Crippen molar-refractivity contribution in [1.29, 1.82) is 0 Å². The molecule has 1 heterocycles. The lowest BCUT2D eigenvalue weighted by Crippen LogP contribution is -2.26. The van der Waals surface area contributed by atoms with E-state index in [4.69, 9.17) is 0 Å². The number of nitrogens with zero attached hydrogens (tertiary/aromatic N) is 1. The minimum Gasteiger partial charge on any atom is -0.316 e. The van der Waals surface area contributed by atoms with Crippen LogP contribution in [-0.2, 0) is 13.1 Å². The van der Waals surface area contributed by atoms with E-state index in [1.165, 1.54) is 56.3 Å². The molecule has 2 rings (SSSR count). The van der Waals surface area contributed by atoms with Gasteiger partial charge in [0.05, 0.1) is 0 Å². The number of hydrogen-bond donors (Lipinski definition) is 1. The highest BCUT2D eigenvalue weighted by Crippen LogP contribution is 2.14. The van der Waals surface area contributed by atoms with E-state index >= 15 is 0 Å². The zero-order chi connectivity index (χ0) is 12.6. The third-order valence-electron chi connectivity index (χ3n) is 3.76.